The summed E-state index contributed by atoms with van der Waals surface area (Å²) in [6.07, 6.45) is 3.98. The van der Waals surface area contributed by atoms with Crippen LogP contribution in [-0.2, 0) is 9.59 Å². The Balaban J connectivity index is 1.87. The molecule has 6 heteroatoms. The minimum atomic E-state index is -1.06. The molecule has 0 aromatic carbocycles. The van der Waals surface area contributed by atoms with Crippen LogP contribution >= 0.6 is 0 Å². The van der Waals surface area contributed by atoms with Crippen LogP contribution in [0.25, 0.3) is 0 Å². The van der Waals surface area contributed by atoms with Crippen molar-refractivity contribution in [2.24, 2.45) is 0 Å². The van der Waals surface area contributed by atoms with Gasteiger partial charge in [0.05, 0.1) is 12.6 Å². The summed E-state index contributed by atoms with van der Waals surface area (Å²) in [7, 11) is 0. The molecular weight excluding hydrogens is 248 g/mol. The third-order valence-electron chi connectivity index (χ3n) is 4.09. The van der Waals surface area contributed by atoms with E-state index in [4.69, 9.17) is 0 Å². The number of carbonyl (C=O) groups excluding carboxylic acids is 1. The zero-order valence-corrected chi connectivity index (χ0v) is 11.1. The molecule has 0 radical (unpaired) electrons. The molecule has 2 aliphatic rings. The molecule has 3 N–H and O–H groups in total. The summed E-state index contributed by atoms with van der Waals surface area (Å²) in [4.78, 5) is 25.2. The lowest BCUT2D eigenvalue weighted by Gasteiger charge is -2.31. The smallest absolute Gasteiger partial charge is 0.329 e. The Hall–Kier alpha value is -1.14. The molecule has 0 aromatic rings. The second kappa shape index (κ2) is 5.88. The van der Waals surface area contributed by atoms with Gasteiger partial charge in [0.1, 0.15) is 5.54 Å². The van der Waals surface area contributed by atoms with Gasteiger partial charge in [-0.15, -0.1) is 0 Å². The standard InChI is InChI=1S/C13H22N2O4/c16-10-4-3-7-15(8-10)9-11(17)14-13(12(18)19)5-1-2-6-13/h10,16H,1-9H2,(H,14,17)(H,18,19)/t10-/m0/s1. The number of carbonyl (C=O) groups is 2. The van der Waals surface area contributed by atoms with Gasteiger partial charge < -0.3 is 15.5 Å². The lowest BCUT2D eigenvalue weighted by molar-refractivity contribution is -0.147. The maximum absolute atomic E-state index is 12.0. The number of hydrogen-bond donors (Lipinski definition) is 3. The van der Waals surface area contributed by atoms with Gasteiger partial charge in [-0.25, -0.2) is 4.79 Å². The van der Waals surface area contributed by atoms with E-state index >= 15 is 0 Å². The van der Waals surface area contributed by atoms with Crippen molar-refractivity contribution >= 4 is 11.9 Å². The molecule has 1 heterocycles. The Labute approximate surface area is 112 Å². The molecule has 6 nitrogen and oxygen atoms in total. The van der Waals surface area contributed by atoms with E-state index < -0.39 is 11.5 Å². The van der Waals surface area contributed by atoms with Crippen molar-refractivity contribution in [3.8, 4) is 0 Å². The molecule has 1 atom stereocenters. The van der Waals surface area contributed by atoms with E-state index in [-0.39, 0.29) is 18.6 Å². The lowest BCUT2D eigenvalue weighted by Crippen LogP contribution is -2.55. The maximum Gasteiger partial charge on any atom is 0.329 e. The van der Waals surface area contributed by atoms with Crippen LogP contribution in [0.2, 0.25) is 0 Å². The highest BCUT2D eigenvalue weighted by Gasteiger charge is 2.42. The van der Waals surface area contributed by atoms with Gasteiger partial charge in [0.25, 0.3) is 0 Å². The Kier molecular flexibility index (Phi) is 4.42. The average Bonchev–Trinajstić information content (AvgIpc) is 2.78. The molecule has 108 valence electrons. The first kappa shape index (κ1) is 14.3. The third kappa shape index (κ3) is 3.45. The van der Waals surface area contributed by atoms with E-state index in [0.717, 1.165) is 32.2 Å². The second-order valence-electron chi connectivity index (χ2n) is 5.67. The van der Waals surface area contributed by atoms with Crippen molar-refractivity contribution in [2.75, 3.05) is 19.6 Å². The van der Waals surface area contributed by atoms with Crippen molar-refractivity contribution in [2.45, 2.75) is 50.2 Å². The van der Waals surface area contributed by atoms with E-state index in [1.165, 1.54) is 0 Å². The number of aliphatic hydroxyl groups excluding tert-OH is 1. The quantitative estimate of drug-likeness (QED) is 0.667. The highest BCUT2D eigenvalue weighted by atomic mass is 16.4. The van der Waals surface area contributed by atoms with Crippen molar-refractivity contribution in [3.05, 3.63) is 0 Å². The molecule has 0 spiro atoms. The number of β-amino-alcohol motifs (C(OH)–C–C–N with tert-alkyl or cyclic N) is 1. The van der Waals surface area contributed by atoms with Gasteiger partial charge in [0.2, 0.25) is 5.91 Å². The number of carboxylic acids is 1. The normalized spacial score (nSPS) is 27.1. The molecule has 2 rings (SSSR count). The van der Waals surface area contributed by atoms with Crippen LogP contribution in [0.5, 0.6) is 0 Å². The zero-order chi connectivity index (χ0) is 13.9. The molecule has 1 aliphatic carbocycles. The number of amides is 1. The first-order chi connectivity index (χ1) is 9.02. The van der Waals surface area contributed by atoms with Gasteiger partial charge in [-0.1, -0.05) is 12.8 Å². The Morgan fingerprint density at radius 3 is 2.53 bits per heavy atom. The minimum Gasteiger partial charge on any atom is -0.480 e. The maximum atomic E-state index is 12.0. The Morgan fingerprint density at radius 1 is 1.26 bits per heavy atom. The minimum absolute atomic E-state index is 0.173. The predicted molar refractivity (Wildman–Crippen MR) is 68.7 cm³/mol. The van der Waals surface area contributed by atoms with Crippen LogP contribution in [0.4, 0.5) is 0 Å². The SMILES string of the molecule is O=C(CN1CCC[C@H](O)C1)NC1(C(=O)O)CCCC1. The first-order valence-electron chi connectivity index (χ1n) is 6.97. The molecule has 1 aliphatic heterocycles. The average molecular weight is 270 g/mol. The molecule has 1 amide bonds. The Morgan fingerprint density at radius 2 is 1.95 bits per heavy atom. The van der Waals surface area contributed by atoms with Gasteiger partial charge in [-0.2, -0.15) is 0 Å². The third-order valence-corrected chi connectivity index (χ3v) is 4.09. The first-order valence-corrected chi connectivity index (χ1v) is 6.97. The van der Waals surface area contributed by atoms with Gasteiger partial charge >= 0.3 is 5.97 Å². The molecule has 2 fully saturated rings. The van der Waals surface area contributed by atoms with Gasteiger partial charge in [-0.05, 0) is 32.2 Å². The number of likely N-dealkylation sites (tertiary alicyclic amines) is 1. The van der Waals surface area contributed by atoms with Crippen molar-refractivity contribution < 1.29 is 19.8 Å². The number of hydrogen-bond acceptors (Lipinski definition) is 4. The van der Waals surface area contributed by atoms with E-state index in [1.54, 1.807) is 0 Å². The highest BCUT2D eigenvalue weighted by molar-refractivity contribution is 5.88. The van der Waals surface area contributed by atoms with Crippen molar-refractivity contribution in [1.82, 2.24) is 10.2 Å². The summed E-state index contributed by atoms with van der Waals surface area (Å²) in [5, 5.41) is 21.5. The van der Waals surface area contributed by atoms with Crippen LogP contribution in [0.3, 0.4) is 0 Å². The van der Waals surface area contributed by atoms with E-state index in [2.05, 4.69) is 5.32 Å². The Bertz CT molecular complexity index is 353. The largest absolute Gasteiger partial charge is 0.480 e. The molecule has 0 aromatic heterocycles. The second-order valence-corrected chi connectivity index (χ2v) is 5.67. The van der Waals surface area contributed by atoms with Gasteiger partial charge in [0.15, 0.2) is 0 Å². The predicted octanol–water partition coefficient (Wildman–Crippen LogP) is -0.0433. The van der Waals surface area contributed by atoms with Gasteiger partial charge in [0, 0.05) is 6.54 Å². The van der Waals surface area contributed by atoms with E-state index in [0.29, 0.717) is 19.4 Å². The fraction of sp³-hybridized carbons (Fsp3) is 0.846. The molecule has 1 saturated heterocycles. The molecule has 1 saturated carbocycles. The number of nitrogens with one attached hydrogen (secondary N) is 1. The van der Waals surface area contributed by atoms with E-state index in [9.17, 15) is 19.8 Å². The highest BCUT2D eigenvalue weighted by Crippen LogP contribution is 2.29. The van der Waals surface area contributed by atoms with Crippen molar-refractivity contribution in [1.29, 1.82) is 0 Å². The monoisotopic (exact) mass is 270 g/mol. The molecular formula is C13H22N2O4. The molecule has 19 heavy (non-hydrogen) atoms. The summed E-state index contributed by atoms with van der Waals surface area (Å²) in [5.41, 5.74) is -1.06. The molecule has 0 unspecified atom stereocenters. The number of nitrogens with zero attached hydrogens (tertiary/aromatic N) is 1. The summed E-state index contributed by atoms with van der Waals surface area (Å²) in [5.74, 6) is -1.18. The number of aliphatic hydroxyl groups is 1. The fourth-order valence-electron chi connectivity index (χ4n) is 3.06. The van der Waals surface area contributed by atoms with E-state index in [1.807, 2.05) is 4.90 Å². The number of piperidine rings is 1. The van der Waals surface area contributed by atoms with Crippen LogP contribution in [0.15, 0.2) is 0 Å². The number of carboxylic acid groups (broad SMARTS) is 1. The summed E-state index contributed by atoms with van der Waals surface area (Å²) < 4.78 is 0. The fourth-order valence-corrected chi connectivity index (χ4v) is 3.06. The lowest BCUT2D eigenvalue weighted by atomic mass is 9.98. The van der Waals surface area contributed by atoms with Crippen LogP contribution < -0.4 is 5.32 Å². The summed E-state index contributed by atoms with van der Waals surface area (Å²) in [6.45, 7) is 1.45. The van der Waals surface area contributed by atoms with Crippen LogP contribution in [0, 0.1) is 0 Å². The number of aliphatic carboxylic acids is 1. The molecule has 0 bridgehead atoms. The topological polar surface area (TPSA) is 89.9 Å². The summed E-state index contributed by atoms with van der Waals surface area (Å²) in [6, 6.07) is 0. The van der Waals surface area contributed by atoms with Crippen LogP contribution in [0.1, 0.15) is 38.5 Å². The van der Waals surface area contributed by atoms with Crippen LogP contribution in [-0.4, -0.2) is 58.3 Å². The van der Waals surface area contributed by atoms with Crippen molar-refractivity contribution in [3.63, 3.8) is 0 Å². The summed E-state index contributed by atoms with van der Waals surface area (Å²) >= 11 is 0. The zero-order valence-electron chi connectivity index (χ0n) is 11.1. The van der Waals surface area contributed by atoms with Gasteiger partial charge in [-0.3, -0.25) is 9.69 Å². The number of rotatable bonds is 4.